The van der Waals surface area contributed by atoms with Gasteiger partial charge < -0.3 is 14.9 Å². The lowest BCUT2D eigenvalue weighted by Crippen LogP contribution is -2.55. The first-order valence-corrected chi connectivity index (χ1v) is 8.42. The Bertz CT molecular complexity index is 697. The van der Waals surface area contributed by atoms with Crippen LogP contribution in [-0.4, -0.2) is 63.1 Å². The average Bonchev–Trinajstić information content (AvgIpc) is 2.63. The standard InChI is InChI=1S/C18H23N5O2/c1-22(17(24)10-15-4-2-6-19-11-15)13-18(25)5-3-9-23(14-18)16-12-20-7-8-21-16/h2,4,6-8,11-12,25H,3,5,9-10,13-14H2,1H3/t18-/m0/s1. The summed E-state index contributed by atoms with van der Waals surface area (Å²) in [4.78, 5) is 28.5. The third-order valence-corrected chi connectivity index (χ3v) is 4.46. The minimum atomic E-state index is -0.949. The minimum Gasteiger partial charge on any atom is -0.386 e. The molecule has 0 spiro atoms. The second-order valence-corrected chi connectivity index (χ2v) is 6.60. The topological polar surface area (TPSA) is 82.5 Å². The van der Waals surface area contributed by atoms with E-state index in [1.165, 1.54) is 0 Å². The van der Waals surface area contributed by atoms with E-state index in [1.54, 1.807) is 42.9 Å². The van der Waals surface area contributed by atoms with Crippen LogP contribution in [0.15, 0.2) is 43.1 Å². The second kappa shape index (κ2) is 7.57. The van der Waals surface area contributed by atoms with Gasteiger partial charge in [-0.1, -0.05) is 6.07 Å². The van der Waals surface area contributed by atoms with E-state index in [-0.39, 0.29) is 12.3 Å². The van der Waals surface area contributed by atoms with E-state index >= 15 is 0 Å². The molecule has 1 saturated heterocycles. The van der Waals surface area contributed by atoms with E-state index in [2.05, 4.69) is 15.0 Å². The van der Waals surface area contributed by atoms with Crippen molar-refractivity contribution in [3.8, 4) is 0 Å². The van der Waals surface area contributed by atoms with E-state index in [1.807, 2.05) is 17.0 Å². The fourth-order valence-electron chi connectivity index (χ4n) is 3.23. The molecule has 3 heterocycles. The van der Waals surface area contributed by atoms with Gasteiger partial charge in [-0.15, -0.1) is 0 Å². The molecule has 132 valence electrons. The molecule has 0 unspecified atom stereocenters. The van der Waals surface area contributed by atoms with Crippen molar-refractivity contribution in [1.29, 1.82) is 0 Å². The molecule has 0 saturated carbocycles. The summed E-state index contributed by atoms with van der Waals surface area (Å²) >= 11 is 0. The number of aliphatic hydroxyl groups is 1. The first-order valence-electron chi connectivity index (χ1n) is 8.42. The predicted molar refractivity (Wildman–Crippen MR) is 94.0 cm³/mol. The van der Waals surface area contributed by atoms with E-state index in [4.69, 9.17) is 0 Å². The molecule has 7 heteroatoms. The lowest BCUT2D eigenvalue weighted by atomic mass is 9.92. The summed E-state index contributed by atoms with van der Waals surface area (Å²) in [6, 6.07) is 3.69. The van der Waals surface area contributed by atoms with Crippen LogP contribution in [0.1, 0.15) is 18.4 Å². The van der Waals surface area contributed by atoms with Gasteiger partial charge in [-0.3, -0.25) is 14.8 Å². The number of carbonyl (C=O) groups excluding carboxylic acids is 1. The van der Waals surface area contributed by atoms with Crippen LogP contribution in [0.2, 0.25) is 0 Å². The maximum atomic E-state index is 12.4. The molecule has 1 N–H and O–H groups in total. The van der Waals surface area contributed by atoms with Crippen molar-refractivity contribution in [2.45, 2.75) is 24.9 Å². The Morgan fingerprint density at radius 1 is 1.32 bits per heavy atom. The fourth-order valence-corrected chi connectivity index (χ4v) is 3.23. The van der Waals surface area contributed by atoms with Crippen LogP contribution in [0.25, 0.3) is 0 Å². The lowest BCUT2D eigenvalue weighted by Gasteiger charge is -2.41. The van der Waals surface area contributed by atoms with Gasteiger partial charge in [-0.05, 0) is 24.5 Å². The molecule has 1 atom stereocenters. The van der Waals surface area contributed by atoms with Crippen molar-refractivity contribution in [1.82, 2.24) is 19.9 Å². The number of rotatable bonds is 5. The van der Waals surface area contributed by atoms with Crippen LogP contribution in [-0.2, 0) is 11.2 Å². The van der Waals surface area contributed by atoms with Gasteiger partial charge in [0.1, 0.15) is 5.82 Å². The zero-order valence-electron chi connectivity index (χ0n) is 14.4. The van der Waals surface area contributed by atoms with Crippen LogP contribution in [0.4, 0.5) is 5.82 Å². The number of aromatic nitrogens is 3. The number of piperidine rings is 1. The highest BCUT2D eigenvalue weighted by atomic mass is 16.3. The minimum absolute atomic E-state index is 0.0296. The first kappa shape index (κ1) is 17.3. The molecular weight excluding hydrogens is 318 g/mol. The monoisotopic (exact) mass is 341 g/mol. The van der Waals surface area contributed by atoms with Crippen molar-refractivity contribution in [3.05, 3.63) is 48.7 Å². The lowest BCUT2D eigenvalue weighted by molar-refractivity contribution is -0.132. The van der Waals surface area contributed by atoms with Gasteiger partial charge >= 0.3 is 0 Å². The third kappa shape index (κ3) is 4.51. The van der Waals surface area contributed by atoms with E-state index in [9.17, 15) is 9.90 Å². The molecule has 1 aliphatic heterocycles. The van der Waals surface area contributed by atoms with Crippen LogP contribution < -0.4 is 4.90 Å². The molecule has 25 heavy (non-hydrogen) atoms. The third-order valence-electron chi connectivity index (χ3n) is 4.46. The van der Waals surface area contributed by atoms with Gasteiger partial charge in [0.15, 0.2) is 0 Å². The van der Waals surface area contributed by atoms with Crippen LogP contribution in [0, 0.1) is 0 Å². The Morgan fingerprint density at radius 3 is 2.88 bits per heavy atom. The second-order valence-electron chi connectivity index (χ2n) is 6.60. The summed E-state index contributed by atoms with van der Waals surface area (Å²) in [7, 11) is 1.73. The Labute approximate surface area is 147 Å². The fraction of sp³-hybridized carbons (Fsp3) is 0.444. The molecule has 3 rings (SSSR count). The molecule has 7 nitrogen and oxygen atoms in total. The summed E-state index contributed by atoms with van der Waals surface area (Å²) < 4.78 is 0. The first-order chi connectivity index (χ1) is 12.1. The number of nitrogens with zero attached hydrogens (tertiary/aromatic N) is 5. The summed E-state index contributed by atoms with van der Waals surface area (Å²) in [6.45, 7) is 1.56. The Morgan fingerprint density at radius 2 is 2.16 bits per heavy atom. The number of amides is 1. The predicted octanol–water partition coefficient (Wildman–Crippen LogP) is 0.904. The highest BCUT2D eigenvalue weighted by molar-refractivity contribution is 5.78. The summed E-state index contributed by atoms with van der Waals surface area (Å²) in [5.74, 6) is 0.725. The van der Waals surface area contributed by atoms with Crippen molar-refractivity contribution in [2.24, 2.45) is 0 Å². The summed E-state index contributed by atoms with van der Waals surface area (Å²) in [5, 5.41) is 11.0. The van der Waals surface area contributed by atoms with Gasteiger partial charge in [0.25, 0.3) is 0 Å². The Balaban J connectivity index is 1.61. The van der Waals surface area contributed by atoms with Crippen LogP contribution >= 0.6 is 0 Å². The highest BCUT2D eigenvalue weighted by Crippen LogP contribution is 2.25. The number of hydrogen-bond donors (Lipinski definition) is 1. The van der Waals surface area contributed by atoms with Gasteiger partial charge in [0, 0.05) is 44.9 Å². The van der Waals surface area contributed by atoms with E-state index in [0.29, 0.717) is 19.5 Å². The molecule has 1 amide bonds. The molecule has 0 bridgehead atoms. The maximum absolute atomic E-state index is 12.4. The quantitative estimate of drug-likeness (QED) is 0.870. The maximum Gasteiger partial charge on any atom is 0.226 e. The number of pyridine rings is 1. The van der Waals surface area contributed by atoms with E-state index in [0.717, 1.165) is 24.3 Å². The molecule has 1 fully saturated rings. The van der Waals surface area contributed by atoms with Crippen LogP contribution in [0.5, 0.6) is 0 Å². The number of likely N-dealkylation sites (N-methyl/N-ethyl adjacent to an activating group) is 1. The average molecular weight is 341 g/mol. The Hall–Kier alpha value is -2.54. The number of anilines is 1. The summed E-state index contributed by atoms with van der Waals surface area (Å²) in [5.41, 5.74) is -0.0778. The van der Waals surface area contributed by atoms with Crippen LogP contribution in [0.3, 0.4) is 0 Å². The highest BCUT2D eigenvalue weighted by Gasteiger charge is 2.35. The van der Waals surface area contributed by atoms with Gasteiger partial charge in [0.05, 0.1) is 24.8 Å². The number of carbonyl (C=O) groups is 1. The van der Waals surface area contributed by atoms with Crippen molar-refractivity contribution < 1.29 is 9.90 Å². The summed E-state index contributed by atoms with van der Waals surface area (Å²) in [6.07, 6.45) is 10.1. The molecule has 0 aliphatic carbocycles. The molecule has 1 aliphatic rings. The number of hydrogen-bond acceptors (Lipinski definition) is 6. The Kier molecular flexibility index (Phi) is 5.23. The molecular formula is C18H23N5O2. The van der Waals surface area contributed by atoms with Gasteiger partial charge in [0.2, 0.25) is 5.91 Å². The molecule has 0 radical (unpaired) electrons. The van der Waals surface area contributed by atoms with Crippen molar-refractivity contribution in [2.75, 3.05) is 31.6 Å². The SMILES string of the molecule is CN(C[C@@]1(O)CCCN(c2cnccn2)C1)C(=O)Cc1cccnc1. The number of β-amino-alcohol motifs (C(OH)–C–C–N with tert-alkyl or cyclic N) is 1. The molecule has 2 aromatic heterocycles. The zero-order valence-corrected chi connectivity index (χ0v) is 14.4. The normalized spacial score (nSPS) is 20.3. The smallest absolute Gasteiger partial charge is 0.226 e. The largest absolute Gasteiger partial charge is 0.386 e. The molecule has 0 aromatic carbocycles. The van der Waals surface area contributed by atoms with Gasteiger partial charge in [-0.25, -0.2) is 4.98 Å². The van der Waals surface area contributed by atoms with Crippen molar-refractivity contribution in [3.63, 3.8) is 0 Å². The zero-order chi connectivity index (χ0) is 17.7. The van der Waals surface area contributed by atoms with Gasteiger partial charge in [-0.2, -0.15) is 0 Å². The van der Waals surface area contributed by atoms with Crippen molar-refractivity contribution >= 4 is 11.7 Å². The van der Waals surface area contributed by atoms with E-state index < -0.39 is 5.60 Å². The molecule has 2 aromatic rings.